The third-order valence-corrected chi connectivity index (χ3v) is 0.910. The molecule has 0 N–H and O–H groups in total. The summed E-state index contributed by atoms with van der Waals surface area (Å²) in [4.78, 5) is 0. The molecule has 0 saturated carbocycles. The van der Waals surface area contributed by atoms with Crippen LogP contribution in [-0.4, -0.2) is 0 Å². The van der Waals surface area contributed by atoms with Gasteiger partial charge >= 0.3 is 0 Å². The van der Waals surface area contributed by atoms with Crippen LogP contribution in [-0.2, 0) is 0 Å². The molecule has 0 aromatic heterocycles. The van der Waals surface area contributed by atoms with Crippen molar-refractivity contribution >= 4 is 0 Å². The fourth-order valence-corrected chi connectivity index (χ4v) is 0.484. The van der Waals surface area contributed by atoms with Gasteiger partial charge in [-0.1, -0.05) is 36.5 Å². The van der Waals surface area contributed by atoms with Crippen LogP contribution in [0.5, 0.6) is 0 Å². The third kappa shape index (κ3) is 7.22. The molecule has 50 valence electrons. The topological polar surface area (TPSA) is 0 Å². The van der Waals surface area contributed by atoms with Gasteiger partial charge in [-0.05, 0) is 20.3 Å². The monoisotopic (exact) mass is 122 g/mol. The summed E-state index contributed by atoms with van der Waals surface area (Å²) >= 11 is 0. The van der Waals surface area contributed by atoms with E-state index in [4.69, 9.17) is 0 Å². The number of rotatable bonds is 3. The van der Waals surface area contributed by atoms with E-state index in [0.717, 1.165) is 12.0 Å². The summed E-state index contributed by atoms with van der Waals surface area (Å²) in [6.07, 6.45) is 9.30. The van der Waals surface area contributed by atoms with Gasteiger partial charge in [-0.25, -0.2) is 0 Å². The maximum absolute atomic E-state index is 3.74. The maximum Gasteiger partial charge on any atom is -0.0166 e. The summed E-state index contributed by atoms with van der Waals surface area (Å²) in [5.74, 6) is 0. The highest BCUT2D eigenvalue weighted by molar-refractivity contribution is 5.11. The smallest absolute Gasteiger partial charge is 0.0166 e. The number of allylic oxidation sites excluding steroid dienone is 5. The second-order valence-electron chi connectivity index (χ2n) is 2.05. The van der Waals surface area contributed by atoms with Crippen LogP contribution in [0, 0.1) is 0 Å². The first-order valence-corrected chi connectivity index (χ1v) is 3.20. The molecule has 0 heterocycles. The average molecular weight is 122 g/mol. The predicted molar refractivity (Wildman–Crippen MR) is 43.4 cm³/mol. The minimum atomic E-state index is 1.02. The molecule has 0 radical (unpaired) electrons. The Morgan fingerprint density at radius 1 is 1.44 bits per heavy atom. The van der Waals surface area contributed by atoms with Gasteiger partial charge in [0.2, 0.25) is 0 Å². The molecular formula is C9H14. The summed E-state index contributed by atoms with van der Waals surface area (Å²) in [5, 5.41) is 0. The minimum Gasteiger partial charge on any atom is -0.0961 e. The minimum absolute atomic E-state index is 1.02. The van der Waals surface area contributed by atoms with E-state index in [1.165, 1.54) is 0 Å². The molecule has 0 atom stereocenters. The van der Waals surface area contributed by atoms with E-state index in [2.05, 4.69) is 18.7 Å². The summed E-state index contributed by atoms with van der Waals surface area (Å²) in [6, 6.07) is 0. The molecule has 0 saturated heterocycles. The van der Waals surface area contributed by atoms with Crippen molar-refractivity contribution in [2.24, 2.45) is 0 Å². The Balaban J connectivity index is 3.36. The molecular weight excluding hydrogens is 108 g/mol. The average Bonchev–Trinajstić information content (AvgIpc) is 1.80. The Morgan fingerprint density at radius 3 is 2.56 bits per heavy atom. The molecule has 0 bridgehead atoms. The van der Waals surface area contributed by atoms with Gasteiger partial charge < -0.3 is 0 Å². The molecule has 0 amide bonds. The zero-order valence-electron chi connectivity index (χ0n) is 6.22. The van der Waals surface area contributed by atoms with Gasteiger partial charge in [0.05, 0.1) is 0 Å². The van der Waals surface area contributed by atoms with E-state index in [0.29, 0.717) is 0 Å². The van der Waals surface area contributed by atoms with Crippen LogP contribution in [0.2, 0.25) is 0 Å². The first kappa shape index (κ1) is 8.22. The molecule has 0 aliphatic heterocycles. The van der Waals surface area contributed by atoms with Gasteiger partial charge in [-0.15, -0.1) is 0 Å². The van der Waals surface area contributed by atoms with Gasteiger partial charge in [0.15, 0.2) is 0 Å². The quantitative estimate of drug-likeness (QED) is 0.398. The molecule has 0 aliphatic carbocycles. The van der Waals surface area contributed by atoms with Gasteiger partial charge in [0.25, 0.3) is 0 Å². The fourth-order valence-electron chi connectivity index (χ4n) is 0.484. The summed E-state index contributed by atoms with van der Waals surface area (Å²) < 4.78 is 0. The fraction of sp³-hybridized carbons (Fsp3) is 0.333. The first-order valence-electron chi connectivity index (χ1n) is 3.20. The van der Waals surface area contributed by atoms with E-state index < -0.39 is 0 Å². The lowest BCUT2D eigenvalue weighted by atomic mass is 10.3. The van der Waals surface area contributed by atoms with Crippen molar-refractivity contribution in [3.63, 3.8) is 0 Å². The summed E-state index contributed by atoms with van der Waals surface area (Å²) in [5.41, 5.74) is 1.11. The van der Waals surface area contributed by atoms with Gasteiger partial charge in [0, 0.05) is 0 Å². The van der Waals surface area contributed by atoms with Crippen LogP contribution in [0.25, 0.3) is 0 Å². The van der Waals surface area contributed by atoms with Gasteiger partial charge in [-0.2, -0.15) is 0 Å². The molecule has 0 unspecified atom stereocenters. The van der Waals surface area contributed by atoms with Crippen molar-refractivity contribution in [3.8, 4) is 0 Å². The largest absolute Gasteiger partial charge is 0.0961 e. The first-order chi connectivity index (χ1) is 4.27. The van der Waals surface area contributed by atoms with E-state index in [-0.39, 0.29) is 0 Å². The van der Waals surface area contributed by atoms with Crippen LogP contribution >= 0.6 is 0 Å². The SMILES string of the molecule is C=C(C)/C=C/C/C=C/C. The zero-order chi connectivity index (χ0) is 7.11. The standard InChI is InChI=1S/C9H14/c1-4-5-6-7-8-9(2)3/h4-5,7-8H,2,6H2,1,3H3/b5-4+,8-7+. The van der Waals surface area contributed by atoms with Crippen LogP contribution in [0.15, 0.2) is 36.5 Å². The number of hydrogen-bond acceptors (Lipinski definition) is 0. The van der Waals surface area contributed by atoms with Crippen LogP contribution in [0.1, 0.15) is 20.3 Å². The molecule has 0 heteroatoms. The van der Waals surface area contributed by atoms with E-state index >= 15 is 0 Å². The molecule has 0 fully saturated rings. The Kier molecular flexibility index (Phi) is 4.89. The number of hydrogen-bond donors (Lipinski definition) is 0. The normalized spacial score (nSPS) is 11.3. The van der Waals surface area contributed by atoms with Gasteiger partial charge in [-0.3, -0.25) is 0 Å². The van der Waals surface area contributed by atoms with E-state index in [1.807, 2.05) is 26.0 Å². The molecule has 0 aromatic carbocycles. The molecule has 0 rings (SSSR count). The predicted octanol–water partition coefficient (Wildman–Crippen LogP) is 3.08. The highest BCUT2D eigenvalue weighted by Crippen LogP contribution is 1.91. The third-order valence-electron chi connectivity index (χ3n) is 0.910. The Bertz CT molecular complexity index is 127. The summed E-state index contributed by atoms with van der Waals surface area (Å²) in [6.45, 7) is 7.76. The van der Waals surface area contributed by atoms with Crippen LogP contribution < -0.4 is 0 Å². The zero-order valence-corrected chi connectivity index (χ0v) is 6.22. The Labute approximate surface area is 57.6 Å². The van der Waals surface area contributed by atoms with Crippen molar-refractivity contribution in [1.82, 2.24) is 0 Å². The lowest BCUT2D eigenvalue weighted by molar-refractivity contribution is 1.36. The van der Waals surface area contributed by atoms with Crippen molar-refractivity contribution < 1.29 is 0 Å². The molecule has 0 spiro atoms. The Morgan fingerprint density at radius 2 is 2.11 bits per heavy atom. The van der Waals surface area contributed by atoms with E-state index in [9.17, 15) is 0 Å². The lowest BCUT2D eigenvalue weighted by Crippen LogP contribution is -1.60. The Hall–Kier alpha value is -0.780. The maximum atomic E-state index is 3.74. The molecule has 0 aliphatic rings. The van der Waals surface area contributed by atoms with Crippen molar-refractivity contribution in [2.75, 3.05) is 0 Å². The highest BCUT2D eigenvalue weighted by Gasteiger charge is 1.70. The van der Waals surface area contributed by atoms with Crippen molar-refractivity contribution in [3.05, 3.63) is 36.5 Å². The van der Waals surface area contributed by atoms with Crippen molar-refractivity contribution in [2.45, 2.75) is 20.3 Å². The van der Waals surface area contributed by atoms with Crippen LogP contribution in [0.4, 0.5) is 0 Å². The van der Waals surface area contributed by atoms with E-state index in [1.54, 1.807) is 0 Å². The highest BCUT2D eigenvalue weighted by atomic mass is 13.8. The second kappa shape index (κ2) is 5.36. The summed E-state index contributed by atoms with van der Waals surface area (Å²) in [7, 11) is 0. The molecule has 0 nitrogen and oxygen atoms in total. The van der Waals surface area contributed by atoms with Crippen LogP contribution in [0.3, 0.4) is 0 Å². The van der Waals surface area contributed by atoms with Gasteiger partial charge in [0.1, 0.15) is 0 Å². The van der Waals surface area contributed by atoms with Crippen molar-refractivity contribution in [1.29, 1.82) is 0 Å². The molecule has 9 heavy (non-hydrogen) atoms. The second-order valence-corrected chi connectivity index (χ2v) is 2.05. The molecule has 0 aromatic rings. The lowest BCUT2D eigenvalue weighted by Gasteiger charge is -1.82.